The standard InChI is InChI=1S/C27H21Cl3N2O4S2/c28-15-6-4-14(5-7-15)22-24(23(33)26(35)32(22)18-3-1-2-16(29)12-18)38-21-9-8-17(30)13-19(21)25(34)31-20-10-11-37-27(20)36/h1-7,12-13,20,22,24H,8-11H2,(H,31,34). The number of allylic oxidation sites excluding steroid dienone is 2. The zero-order valence-electron chi connectivity index (χ0n) is 19.8. The monoisotopic (exact) mass is 606 g/mol. The van der Waals surface area contributed by atoms with E-state index in [1.807, 2.05) is 0 Å². The van der Waals surface area contributed by atoms with Crippen molar-refractivity contribution in [2.45, 2.75) is 36.6 Å². The highest BCUT2D eigenvalue weighted by Crippen LogP contribution is 2.47. The van der Waals surface area contributed by atoms with Crippen molar-refractivity contribution in [1.82, 2.24) is 5.32 Å². The number of carbonyl (C=O) groups excluding carboxylic acids is 4. The molecular formula is C27H21Cl3N2O4S2. The molecule has 2 heterocycles. The zero-order valence-corrected chi connectivity index (χ0v) is 23.7. The Hall–Kier alpha value is -2.23. The lowest BCUT2D eigenvalue weighted by Crippen LogP contribution is -2.38. The van der Waals surface area contributed by atoms with E-state index in [1.165, 1.54) is 28.4 Å². The minimum absolute atomic E-state index is 0.0735. The van der Waals surface area contributed by atoms with E-state index in [-0.39, 0.29) is 5.12 Å². The normalized spacial score (nSPS) is 23.8. The van der Waals surface area contributed by atoms with E-state index < -0.39 is 34.9 Å². The fourth-order valence-corrected chi connectivity index (χ4v) is 7.53. The summed E-state index contributed by atoms with van der Waals surface area (Å²) in [5.41, 5.74) is 1.53. The quantitative estimate of drug-likeness (QED) is 0.402. The molecule has 2 saturated heterocycles. The first-order valence-electron chi connectivity index (χ1n) is 11.8. The molecule has 3 atom stereocenters. The van der Waals surface area contributed by atoms with Crippen molar-refractivity contribution < 1.29 is 19.2 Å². The Balaban J connectivity index is 1.54. The predicted octanol–water partition coefficient (Wildman–Crippen LogP) is 6.07. The number of thioether (sulfide) groups is 2. The second-order valence-electron chi connectivity index (χ2n) is 8.96. The van der Waals surface area contributed by atoms with Crippen molar-refractivity contribution in [2.75, 3.05) is 10.7 Å². The molecule has 2 aliphatic heterocycles. The highest BCUT2D eigenvalue weighted by atomic mass is 35.5. The lowest BCUT2D eigenvalue weighted by atomic mass is 10.0. The van der Waals surface area contributed by atoms with Crippen LogP contribution in [0.3, 0.4) is 0 Å². The smallest absolute Gasteiger partial charge is 0.296 e. The number of benzene rings is 2. The van der Waals surface area contributed by atoms with Crippen LogP contribution in [0.4, 0.5) is 5.69 Å². The number of Topliss-reactive ketones (excluding diaryl/α,β-unsaturated/α-hetero) is 1. The molecule has 3 aliphatic rings. The maximum absolute atomic E-state index is 13.5. The van der Waals surface area contributed by atoms with Gasteiger partial charge in [-0.15, -0.1) is 11.8 Å². The van der Waals surface area contributed by atoms with Gasteiger partial charge in [-0.3, -0.25) is 24.1 Å². The molecule has 3 unspecified atom stereocenters. The van der Waals surface area contributed by atoms with E-state index in [0.29, 0.717) is 56.3 Å². The summed E-state index contributed by atoms with van der Waals surface area (Å²) in [6.45, 7) is 0. The number of hydrogen-bond acceptors (Lipinski definition) is 6. The number of rotatable bonds is 6. The molecule has 0 aromatic heterocycles. The van der Waals surface area contributed by atoms with Gasteiger partial charge in [0.15, 0.2) is 0 Å². The largest absolute Gasteiger partial charge is 0.341 e. The van der Waals surface area contributed by atoms with Crippen LogP contribution in [0.5, 0.6) is 0 Å². The van der Waals surface area contributed by atoms with Gasteiger partial charge in [0.1, 0.15) is 5.25 Å². The summed E-state index contributed by atoms with van der Waals surface area (Å²) in [6.07, 6.45) is 3.07. The van der Waals surface area contributed by atoms with E-state index in [0.717, 1.165) is 5.56 Å². The number of anilines is 1. The predicted molar refractivity (Wildman–Crippen MR) is 154 cm³/mol. The second kappa shape index (κ2) is 11.5. The van der Waals surface area contributed by atoms with Gasteiger partial charge < -0.3 is 5.32 Å². The molecule has 11 heteroatoms. The van der Waals surface area contributed by atoms with Gasteiger partial charge in [-0.25, -0.2) is 0 Å². The molecule has 1 N–H and O–H groups in total. The Morgan fingerprint density at radius 2 is 1.76 bits per heavy atom. The Labute approximate surface area is 243 Å². The van der Waals surface area contributed by atoms with Crippen molar-refractivity contribution in [1.29, 1.82) is 0 Å². The molecule has 0 spiro atoms. The third kappa shape index (κ3) is 5.56. The average Bonchev–Trinajstić information content (AvgIpc) is 3.40. The summed E-state index contributed by atoms with van der Waals surface area (Å²) in [5.74, 6) is -1.00. The van der Waals surface area contributed by atoms with Crippen LogP contribution in [0, 0.1) is 0 Å². The molecule has 2 aromatic rings. The van der Waals surface area contributed by atoms with E-state index in [2.05, 4.69) is 5.32 Å². The van der Waals surface area contributed by atoms with Crippen LogP contribution in [-0.4, -0.2) is 39.8 Å². The van der Waals surface area contributed by atoms with Gasteiger partial charge >= 0.3 is 0 Å². The van der Waals surface area contributed by atoms with Crippen LogP contribution in [0.2, 0.25) is 10.0 Å². The van der Waals surface area contributed by atoms with Crippen LogP contribution >= 0.6 is 58.3 Å². The van der Waals surface area contributed by atoms with Gasteiger partial charge in [-0.1, -0.05) is 64.8 Å². The lowest BCUT2D eigenvalue weighted by Gasteiger charge is -2.29. The molecule has 0 bridgehead atoms. The van der Waals surface area contributed by atoms with Gasteiger partial charge in [0.2, 0.25) is 10.9 Å². The first-order chi connectivity index (χ1) is 18.2. The fraction of sp³-hybridized carbons (Fsp3) is 0.259. The molecule has 6 nitrogen and oxygen atoms in total. The number of nitrogens with one attached hydrogen (secondary N) is 1. The minimum atomic E-state index is -0.839. The molecule has 38 heavy (non-hydrogen) atoms. The molecular weight excluding hydrogens is 587 g/mol. The van der Waals surface area contributed by atoms with Crippen LogP contribution in [0.25, 0.3) is 0 Å². The van der Waals surface area contributed by atoms with E-state index >= 15 is 0 Å². The summed E-state index contributed by atoms with van der Waals surface area (Å²) >= 11 is 21.0. The first-order valence-corrected chi connectivity index (χ1v) is 14.8. The number of halogens is 3. The first kappa shape index (κ1) is 27.3. The molecule has 196 valence electrons. The summed E-state index contributed by atoms with van der Waals surface area (Å²) < 4.78 is 0. The molecule has 2 aromatic carbocycles. The van der Waals surface area contributed by atoms with Crippen LogP contribution in [0.1, 0.15) is 30.9 Å². The Morgan fingerprint density at radius 1 is 1.00 bits per heavy atom. The van der Waals surface area contributed by atoms with E-state index in [9.17, 15) is 19.2 Å². The molecule has 5 rings (SSSR count). The number of amides is 2. The summed E-state index contributed by atoms with van der Waals surface area (Å²) in [6, 6.07) is 12.5. The van der Waals surface area contributed by atoms with Crippen molar-refractivity contribution in [3.8, 4) is 0 Å². The number of nitrogens with zero attached hydrogens (tertiary/aromatic N) is 1. The molecule has 0 radical (unpaired) electrons. The lowest BCUT2D eigenvalue weighted by molar-refractivity contribution is -0.133. The third-order valence-electron chi connectivity index (χ3n) is 6.50. The summed E-state index contributed by atoms with van der Waals surface area (Å²) in [7, 11) is 0. The SMILES string of the molecule is O=C(NC1CCSC1=O)C1=C(SC2C(=O)C(=O)N(c3cccc(Cl)c3)C2c2ccc(Cl)cc2)CCC(Cl)=C1. The summed E-state index contributed by atoms with van der Waals surface area (Å²) in [4.78, 5) is 54.3. The molecule has 2 fully saturated rings. The topological polar surface area (TPSA) is 83.5 Å². The average molecular weight is 608 g/mol. The highest BCUT2D eigenvalue weighted by molar-refractivity contribution is 8.14. The van der Waals surface area contributed by atoms with Gasteiger partial charge in [0.05, 0.1) is 17.7 Å². The van der Waals surface area contributed by atoms with Gasteiger partial charge in [0, 0.05) is 26.5 Å². The molecule has 0 saturated carbocycles. The third-order valence-corrected chi connectivity index (χ3v) is 9.73. The fourth-order valence-electron chi connectivity index (χ4n) is 4.66. The van der Waals surface area contributed by atoms with Crippen LogP contribution in [-0.2, 0) is 19.2 Å². The minimum Gasteiger partial charge on any atom is -0.341 e. The Morgan fingerprint density at radius 3 is 2.45 bits per heavy atom. The number of ketones is 1. The van der Waals surface area contributed by atoms with Crippen molar-refractivity contribution in [2.24, 2.45) is 0 Å². The summed E-state index contributed by atoms with van der Waals surface area (Å²) in [5, 5.41) is 3.36. The maximum atomic E-state index is 13.5. The second-order valence-corrected chi connectivity index (χ2v) is 12.7. The Kier molecular flexibility index (Phi) is 8.26. The van der Waals surface area contributed by atoms with Crippen LogP contribution < -0.4 is 10.2 Å². The zero-order chi connectivity index (χ0) is 27.0. The maximum Gasteiger partial charge on any atom is 0.296 e. The number of carbonyl (C=O) groups is 4. The van der Waals surface area contributed by atoms with Gasteiger partial charge in [-0.05, 0) is 66.1 Å². The van der Waals surface area contributed by atoms with E-state index in [1.54, 1.807) is 54.6 Å². The number of hydrogen-bond donors (Lipinski definition) is 1. The van der Waals surface area contributed by atoms with E-state index in [4.69, 9.17) is 34.8 Å². The van der Waals surface area contributed by atoms with Crippen molar-refractivity contribution in [3.05, 3.63) is 85.7 Å². The molecule has 1 aliphatic carbocycles. The highest BCUT2D eigenvalue weighted by Gasteiger charge is 2.50. The van der Waals surface area contributed by atoms with Gasteiger partial charge in [0.25, 0.3) is 11.8 Å². The van der Waals surface area contributed by atoms with Gasteiger partial charge in [-0.2, -0.15) is 0 Å². The van der Waals surface area contributed by atoms with Crippen molar-refractivity contribution in [3.63, 3.8) is 0 Å². The Bertz CT molecular complexity index is 1390. The molecule has 2 amide bonds. The van der Waals surface area contributed by atoms with Crippen molar-refractivity contribution >= 4 is 86.7 Å². The van der Waals surface area contributed by atoms with Crippen LogP contribution in [0.15, 0.2) is 70.1 Å².